The van der Waals surface area contributed by atoms with Crippen LogP contribution in [0.2, 0.25) is 0 Å². The summed E-state index contributed by atoms with van der Waals surface area (Å²) in [7, 11) is 1.57. The van der Waals surface area contributed by atoms with Crippen molar-refractivity contribution in [2.75, 3.05) is 12.4 Å². The number of methoxy groups -OCH3 is 1. The van der Waals surface area contributed by atoms with Crippen LogP contribution in [0.25, 0.3) is 5.65 Å². The summed E-state index contributed by atoms with van der Waals surface area (Å²) in [4.78, 5) is 16.5. The van der Waals surface area contributed by atoms with Crippen LogP contribution < -0.4 is 10.1 Å². The normalized spacial score (nSPS) is 11.6. The molecule has 8 nitrogen and oxygen atoms in total. The number of nitrogens with zero attached hydrogens (tertiary/aromatic N) is 5. The summed E-state index contributed by atoms with van der Waals surface area (Å²) in [6.07, 6.45) is -6.13. The van der Waals surface area contributed by atoms with Crippen molar-refractivity contribution in [1.82, 2.24) is 24.4 Å². The molecule has 34 heavy (non-hydrogen) atoms. The van der Waals surface area contributed by atoms with Crippen LogP contribution in [0, 0.1) is 13.8 Å². The first-order valence-electron chi connectivity index (χ1n) is 10.1. The zero-order chi connectivity index (χ0) is 24.6. The number of nitrogens with one attached hydrogen (secondary N) is 1. The van der Waals surface area contributed by atoms with Crippen LogP contribution in [0.4, 0.5) is 23.2 Å². The molecule has 0 saturated heterocycles. The molecule has 0 atom stereocenters. The minimum absolute atomic E-state index is 0.250. The quantitative estimate of drug-likeness (QED) is 0.390. The molecule has 178 valence electrons. The second kappa shape index (κ2) is 9.12. The van der Waals surface area contributed by atoms with Crippen LogP contribution in [0.5, 0.6) is 5.75 Å². The fourth-order valence-electron chi connectivity index (χ4n) is 3.55. The van der Waals surface area contributed by atoms with E-state index in [4.69, 9.17) is 4.74 Å². The Bertz CT molecular complexity index is 1370. The van der Waals surface area contributed by atoms with Crippen molar-refractivity contribution in [1.29, 1.82) is 0 Å². The molecule has 0 saturated carbocycles. The number of alkyl halides is 4. The first kappa shape index (κ1) is 23.2. The number of fused-ring (bicyclic) bond motifs is 1. The lowest BCUT2D eigenvalue weighted by Gasteiger charge is -2.08. The van der Waals surface area contributed by atoms with Crippen LogP contribution in [-0.2, 0) is 6.54 Å². The van der Waals surface area contributed by atoms with E-state index in [1.807, 2.05) is 24.3 Å². The highest BCUT2D eigenvalue weighted by molar-refractivity contribution is 6.04. The van der Waals surface area contributed by atoms with Gasteiger partial charge in [0.25, 0.3) is 18.8 Å². The number of anilines is 1. The number of aromatic nitrogens is 5. The number of amides is 1. The Morgan fingerprint density at radius 1 is 1.09 bits per heavy atom. The van der Waals surface area contributed by atoms with E-state index in [-0.39, 0.29) is 11.3 Å². The Labute approximate surface area is 191 Å². The molecule has 3 aromatic heterocycles. The highest BCUT2D eigenvalue weighted by atomic mass is 19.3. The molecule has 0 bridgehead atoms. The predicted octanol–water partition coefficient (Wildman–Crippen LogP) is 4.73. The summed E-state index contributed by atoms with van der Waals surface area (Å²) >= 11 is 0. The van der Waals surface area contributed by atoms with Gasteiger partial charge < -0.3 is 10.1 Å². The lowest BCUT2D eigenvalue weighted by atomic mass is 10.2. The standard InChI is InChI=1S/C22H20F4N6O2/c1-11-19(12(2)31(29-11)10-13-5-4-6-14(7-13)34-3)28-22(33)16-9-18-27-15(20(23)24)8-17(21(25)26)32(18)30-16/h4-9,20-21H,10H2,1-3H3,(H,28,33). The largest absolute Gasteiger partial charge is 0.497 e. The van der Waals surface area contributed by atoms with E-state index in [1.165, 1.54) is 0 Å². The van der Waals surface area contributed by atoms with Crippen molar-refractivity contribution in [3.63, 3.8) is 0 Å². The van der Waals surface area contributed by atoms with Crippen LogP contribution in [0.15, 0.2) is 36.4 Å². The molecule has 0 aliphatic carbocycles. The zero-order valence-corrected chi connectivity index (χ0v) is 18.4. The van der Waals surface area contributed by atoms with Crippen LogP contribution in [-0.4, -0.2) is 37.4 Å². The van der Waals surface area contributed by atoms with E-state index < -0.39 is 30.1 Å². The third-order valence-corrected chi connectivity index (χ3v) is 5.24. The summed E-state index contributed by atoms with van der Waals surface area (Å²) in [5.41, 5.74) is 0.426. The van der Waals surface area contributed by atoms with Gasteiger partial charge in [0, 0.05) is 6.07 Å². The topological polar surface area (TPSA) is 86.3 Å². The van der Waals surface area contributed by atoms with Gasteiger partial charge in [-0.2, -0.15) is 10.2 Å². The van der Waals surface area contributed by atoms with Crippen molar-refractivity contribution in [2.24, 2.45) is 0 Å². The van der Waals surface area contributed by atoms with E-state index in [0.29, 0.717) is 40.0 Å². The number of benzene rings is 1. The van der Waals surface area contributed by atoms with Gasteiger partial charge in [0.15, 0.2) is 11.3 Å². The van der Waals surface area contributed by atoms with E-state index in [2.05, 4.69) is 20.5 Å². The van der Waals surface area contributed by atoms with E-state index >= 15 is 0 Å². The number of rotatable bonds is 7. The highest BCUT2D eigenvalue weighted by Gasteiger charge is 2.23. The SMILES string of the molecule is COc1cccc(Cn2nc(C)c(NC(=O)c3cc4nc(C(F)F)cc(C(F)F)n4n3)c2C)c1. The summed E-state index contributed by atoms with van der Waals surface area (Å²) in [6, 6.07) is 9.12. The van der Waals surface area contributed by atoms with Gasteiger partial charge in [0.1, 0.15) is 17.1 Å². The average molecular weight is 476 g/mol. The van der Waals surface area contributed by atoms with Crippen molar-refractivity contribution in [3.05, 3.63) is 70.4 Å². The zero-order valence-electron chi connectivity index (χ0n) is 18.4. The minimum atomic E-state index is -3.09. The Morgan fingerprint density at radius 2 is 1.85 bits per heavy atom. The van der Waals surface area contributed by atoms with Gasteiger partial charge in [-0.05, 0) is 37.6 Å². The van der Waals surface area contributed by atoms with Gasteiger partial charge in [0.2, 0.25) is 0 Å². The second-order valence-corrected chi connectivity index (χ2v) is 7.52. The molecular formula is C22H20F4N6O2. The van der Waals surface area contributed by atoms with Crippen molar-refractivity contribution >= 4 is 17.2 Å². The van der Waals surface area contributed by atoms with Crippen molar-refractivity contribution in [3.8, 4) is 5.75 Å². The monoisotopic (exact) mass is 476 g/mol. The molecular weight excluding hydrogens is 456 g/mol. The summed E-state index contributed by atoms with van der Waals surface area (Å²) in [5, 5.41) is 11.0. The smallest absolute Gasteiger partial charge is 0.280 e. The van der Waals surface area contributed by atoms with Crippen LogP contribution in [0.3, 0.4) is 0 Å². The first-order valence-corrected chi connectivity index (χ1v) is 10.1. The molecule has 0 fully saturated rings. The Balaban J connectivity index is 1.62. The Kier molecular flexibility index (Phi) is 6.22. The number of hydrogen-bond acceptors (Lipinski definition) is 5. The van der Waals surface area contributed by atoms with Gasteiger partial charge >= 0.3 is 0 Å². The number of carbonyl (C=O) groups is 1. The van der Waals surface area contributed by atoms with E-state index in [0.717, 1.165) is 11.6 Å². The van der Waals surface area contributed by atoms with Crippen LogP contribution in [0.1, 0.15) is 51.7 Å². The minimum Gasteiger partial charge on any atom is -0.497 e. The fraction of sp³-hybridized carbons (Fsp3) is 0.273. The summed E-state index contributed by atoms with van der Waals surface area (Å²) in [5.74, 6) is -0.0115. The first-order chi connectivity index (χ1) is 16.2. The third kappa shape index (κ3) is 4.43. The molecule has 3 heterocycles. The lowest BCUT2D eigenvalue weighted by Crippen LogP contribution is -2.14. The summed E-state index contributed by atoms with van der Waals surface area (Å²) in [6.45, 7) is 3.90. The molecule has 0 spiro atoms. The molecule has 0 unspecified atom stereocenters. The molecule has 1 N–H and O–H groups in total. The van der Waals surface area contributed by atoms with Crippen molar-refractivity contribution in [2.45, 2.75) is 33.2 Å². The maximum absolute atomic E-state index is 13.4. The number of aryl methyl sites for hydroxylation is 1. The van der Waals surface area contributed by atoms with Gasteiger partial charge in [0.05, 0.1) is 30.7 Å². The Hall–Kier alpha value is -3.96. The molecule has 12 heteroatoms. The molecule has 1 amide bonds. The Morgan fingerprint density at radius 3 is 2.53 bits per heavy atom. The second-order valence-electron chi connectivity index (χ2n) is 7.52. The van der Waals surface area contributed by atoms with Gasteiger partial charge in [-0.15, -0.1) is 0 Å². The molecule has 0 radical (unpaired) electrons. The van der Waals surface area contributed by atoms with Gasteiger partial charge in [-0.25, -0.2) is 27.1 Å². The predicted molar refractivity (Wildman–Crippen MR) is 115 cm³/mol. The fourth-order valence-corrected chi connectivity index (χ4v) is 3.55. The van der Waals surface area contributed by atoms with Gasteiger partial charge in [-0.3, -0.25) is 9.48 Å². The highest BCUT2D eigenvalue weighted by Crippen LogP contribution is 2.26. The summed E-state index contributed by atoms with van der Waals surface area (Å²) < 4.78 is 60.5. The van der Waals surface area contributed by atoms with Crippen LogP contribution >= 0.6 is 0 Å². The number of hydrogen-bond donors (Lipinski definition) is 1. The maximum Gasteiger partial charge on any atom is 0.280 e. The molecule has 4 rings (SSSR count). The van der Waals surface area contributed by atoms with E-state index in [9.17, 15) is 22.4 Å². The number of carbonyl (C=O) groups excluding carboxylic acids is 1. The number of halogens is 4. The lowest BCUT2D eigenvalue weighted by molar-refractivity contribution is 0.102. The van der Waals surface area contributed by atoms with Gasteiger partial charge in [-0.1, -0.05) is 12.1 Å². The molecule has 4 aromatic rings. The third-order valence-electron chi connectivity index (χ3n) is 5.24. The molecule has 0 aliphatic rings. The van der Waals surface area contributed by atoms with Crippen molar-refractivity contribution < 1.29 is 27.1 Å². The number of ether oxygens (including phenoxy) is 1. The maximum atomic E-state index is 13.4. The average Bonchev–Trinajstić information content (AvgIpc) is 3.35. The molecule has 1 aromatic carbocycles. The van der Waals surface area contributed by atoms with E-state index in [1.54, 1.807) is 25.6 Å². The molecule has 0 aliphatic heterocycles.